The zero-order valence-electron chi connectivity index (χ0n) is 17.4. The molecule has 168 valence electrons. The van der Waals surface area contributed by atoms with E-state index in [-0.39, 0.29) is 34.2 Å². The third-order valence-corrected chi connectivity index (χ3v) is 6.18. The second-order valence-corrected chi connectivity index (χ2v) is 8.80. The van der Waals surface area contributed by atoms with Gasteiger partial charge in [0.1, 0.15) is 17.3 Å². The minimum atomic E-state index is -0.629. The Morgan fingerprint density at radius 3 is 3.00 bits per heavy atom. The van der Waals surface area contributed by atoms with Crippen molar-refractivity contribution in [1.82, 2.24) is 15.3 Å². The molecule has 0 spiro atoms. The molecule has 0 radical (unpaired) electrons. The summed E-state index contributed by atoms with van der Waals surface area (Å²) in [5.41, 5.74) is 2.09. The van der Waals surface area contributed by atoms with Crippen LogP contribution in [-0.4, -0.2) is 46.0 Å². The van der Waals surface area contributed by atoms with Crippen LogP contribution in [0, 0.1) is 12.7 Å². The number of aryl methyl sites for hydroxylation is 1. The van der Waals surface area contributed by atoms with E-state index in [1.54, 1.807) is 0 Å². The van der Waals surface area contributed by atoms with Crippen LogP contribution in [0.2, 0.25) is 5.02 Å². The van der Waals surface area contributed by atoms with Gasteiger partial charge < -0.3 is 10.1 Å². The average Bonchev–Trinajstić information content (AvgIpc) is 3.15. The molecule has 0 atom stereocenters. The van der Waals surface area contributed by atoms with E-state index in [1.165, 1.54) is 22.8 Å². The summed E-state index contributed by atoms with van der Waals surface area (Å²) >= 11 is 7.30. The first-order valence-electron chi connectivity index (χ1n) is 10.1. The van der Waals surface area contributed by atoms with Crippen molar-refractivity contribution in [2.24, 2.45) is 4.99 Å². The fourth-order valence-electron chi connectivity index (χ4n) is 3.50. The van der Waals surface area contributed by atoms with E-state index < -0.39 is 5.82 Å². The van der Waals surface area contributed by atoms with Crippen LogP contribution in [-0.2, 0) is 11.3 Å². The van der Waals surface area contributed by atoms with Gasteiger partial charge >= 0.3 is 5.24 Å². The topological polar surface area (TPSA) is 74.2 Å². The molecule has 0 saturated carbocycles. The van der Waals surface area contributed by atoms with Crippen molar-refractivity contribution in [1.29, 1.82) is 0 Å². The molecule has 2 aliphatic heterocycles. The molecule has 0 bridgehead atoms. The fraction of sp³-hybridized carbons (Fsp3) is 0.318. The number of benzene rings is 2. The highest BCUT2D eigenvalue weighted by molar-refractivity contribution is 8.13. The fourth-order valence-corrected chi connectivity index (χ4v) is 4.55. The molecule has 0 unspecified atom stereocenters. The number of halogens is 2. The number of hydrazine groups is 1. The summed E-state index contributed by atoms with van der Waals surface area (Å²) in [4.78, 5) is 28.7. The third-order valence-electron chi connectivity index (χ3n) is 5.04. The third kappa shape index (κ3) is 5.23. The molecule has 7 nitrogen and oxygen atoms in total. The average molecular weight is 477 g/mol. The molecule has 2 amide bonds. The molecule has 2 heterocycles. The number of carbonyl (C=O) groups excluding carboxylic acids is 2. The Labute approximate surface area is 194 Å². The minimum Gasteiger partial charge on any atom is -0.482 e. The Morgan fingerprint density at radius 2 is 2.19 bits per heavy atom. The van der Waals surface area contributed by atoms with Crippen molar-refractivity contribution in [3.63, 3.8) is 0 Å². The number of aliphatic imine (C=N–C) groups is 1. The number of amidine groups is 1. The predicted molar refractivity (Wildman–Crippen MR) is 123 cm³/mol. The number of amides is 2. The van der Waals surface area contributed by atoms with Crippen molar-refractivity contribution < 1.29 is 18.7 Å². The van der Waals surface area contributed by atoms with Gasteiger partial charge in [0.25, 0.3) is 5.91 Å². The van der Waals surface area contributed by atoms with Gasteiger partial charge in [-0.25, -0.2) is 19.4 Å². The van der Waals surface area contributed by atoms with Crippen LogP contribution in [0.5, 0.6) is 5.75 Å². The summed E-state index contributed by atoms with van der Waals surface area (Å²) in [5.74, 6) is 0.229. The second kappa shape index (κ2) is 9.89. The Bertz CT molecular complexity index is 1080. The first-order valence-corrected chi connectivity index (χ1v) is 11.5. The van der Waals surface area contributed by atoms with Crippen LogP contribution < -0.4 is 10.1 Å². The zero-order valence-corrected chi connectivity index (χ0v) is 19.0. The Kier molecular flexibility index (Phi) is 6.98. The Balaban J connectivity index is 1.43. The molecule has 2 aromatic carbocycles. The number of carbonyl (C=O) groups is 2. The van der Waals surface area contributed by atoms with Gasteiger partial charge in [-0.1, -0.05) is 41.4 Å². The van der Waals surface area contributed by atoms with E-state index in [1.807, 2.05) is 36.2 Å². The number of nitrogens with one attached hydrogen (secondary N) is 1. The normalized spacial score (nSPS) is 17.5. The smallest absolute Gasteiger partial charge is 0.303 e. The number of hydrogen-bond donors (Lipinski definition) is 1. The lowest BCUT2D eigenvalue weighted by Gasteiger charge is -2.32. The van der Waals surface area contributed by atoms with Gasteiger partial charge in [-0.3, -0.25) is 9.59 Å². The van der Waals surface area contributed by atoms with Crippen molar-refractivity contribution in [2.75, 3.05) is 19.0 Å². The summed E-state index contributed by atoms with van der Waals surface area (Å²) < 4.78 is 20.0. The van der Waals surface area contributed by atoms with E-state index in [0.717, 1.165) is 30.2 Å². The molecular formula is C22H22ClFN4O3S. The molecule has 32 heavy (non-hydrogen) atoms. The first-order chi connectivity index (χ1) is 15.4. The van der Waals surface area contributed by atoms with Gasteiger partial charge in [-0.05, 0) is 36.7 Å². The van der Waals surface area contributed by atoms with Crippen LogP contribution in [0.1, 0.15) is 24.0 Å². The van der Waals surface area contributed by atoms with Gasteiger partial charge in [0.15, 0.2) is 12.4 Å². The summed E-state index contributed by atoms with van der Waals surface area (Å²) in [7, 11) is 0. The molecule has 2 fully saturated rings. The molecule has 0 aliphatic carbocycles. The van der Waals surface area contributed by atoms with Crippen LogP contribution in [0.25, 0.3) is 0 Å². The number of nitrogens with zero attached hydrogens (tertiary/aromatic N) is 3. The maximum Gasteiger partial charge on any atom is 0.303 e. The molecule has 2 aliphatic rings. The van der Waals surface area contributed by atoms with Crippen LogP contribution >= 0.6 is 23.4 Å². The van der Waals surface area contributed by atoms with E-state index in [2.05, 4.69) is 10.3 Å². The second-order valence-electron chi connectivity index (χ2n) is 7.50. The molecule has 2 aromatic rings. The zero-order chi connectivity index (χ0) is 22.7. The van der Waals surface area contributed by atoms with Crippen molar-refractivity contribution in [2.45, 2.75) is 26.3 Å². The highest BCUT2D eigenvalue weighted by Crippen LogP contribution is 2.34. The highest BCUT2D eigenvalue weighted by atomic mass is 35.5. The highest BCUT2D eigenvalue weighted by Gasteiger charge is 2.36. The number of ether oxygens (including phenoxy) is 1. The van der Waals surface area contributed by atoms with Gasteiger partial charge in [0, 0.05) is 25.6 Å². The number of thioether (sulfide) groups is 1. The van der Waals surface area contributed by atoms with Crippen molar-refractivity contribution in [3.8, 4) is 5.75 Å². The predicted octanol–water partition coefficient (Wildman–Crippen LogP) is 4.65. The van der Waals surface area contributed by atoms with Gasteiger partial charge in [-0.2, -0.15) is 0 Å². The molecular weight excluding hydrogens is 455 g/mol. The monoisotopic (exact) mass is 476 g/mol. The number of rotatable bonds is 6. The van der Waals surface area contributed by atoms with Gasteiger partial charge in [-0.15, -0.1) is 0 Å². The lowest BCUT2D eigenvalue weighted by atomic mass is 10.1. The molecule has 0 aromatic heterocycles. The van der Waals surface area contributed by atoms with Gasteiger partial charge in [0.05, 0.1) is 10.9 Å². The SMILES string of the molecule is Cc1cccc(CNC(=O)COc2cc(N=C3CCCN4CSC(=O)N34)c(F)cc2Cl)c1. The van der Waals surface area contributed by atoms with E-state index in [9.17, 15) is 14.0 Å². The first kappa shape index (κ1) is 22.6. The largest absolute Gasteiger partial charge is 0.482 e. The Hall–Kier alpha value is -2.62. The van der Waals surface area contributed by atoms with Crippen molar-refractivity contribution in [3.05, 3.63) is 58.4 Å². The van der Waals surface area contributed by atoms with Crippen LogP contribution in [0.4, 0.5) is 14.9 Å². The summed E-state index contributed by atoms with van der Waals surface area (Å²) in [6, 6.07) is 10.3. The number of fused-ring (bicyclic) bond motifs is 1. The maximum absolute atomic E-state index is 14.5. The summed E-state index contributed by atoms with van der Waals surface area (Å²) in [6.45, 7) is 2.84. The van der Waals surface area contributed by atoms with Gasteiger partial charge in [0.2, 0.25) is 0 Å². The van der Waals surface area contributed by atoms with E-state index in [4.69, 9.17) is 16.3 Å². The van der Waals surface area contributed by atoms with Crippen molar-refractivity contribution >= 4 is 46.0 Å². The summed E-state index contributed by atoms with van der Waals surface area (Å²) in [6.07, 6.45) is 1.38. The van der Waals surface area contributed by atoms with E-state index in [0.29, 0.717) is 24.7 Å². The molecule has 2 saturated heterocycles. The molecule has 4 rings (SSSR count). The molecule has 1 N–H and O–H groups in total. The Morgan fingerprint density at radius 1 is 1.34 bits per heavy atom. The lowest BCUT2D eigenvalue weighted by molar-refractivity contribution is -0.123. The lowest BCUT2D eigenvalue weighted by Crippen LogP contribution is -2.47. The van der Waals surface area contributed by atoms with E-state index >= 15 is 0 Å². The quantitative estimate of drug-likeness (QED) is 0.657. The minimum absolute atomic E-state index is 0.00567. The number of hydrogen-bond acceptors (Lipinski definition) is 6. The molecule has 10 heteroatoms. The van der Waals surface area contributed by atoms with Crippen LogP contribution in [0.15, 0.2) is 41.4 Å². The van der Waals surface area contributed by atoms with Crippen LogP contribution in [0.3, 0.4) is 0 Å². The summed E-state index contributed by atoms with van der Waals surface area (Å²) in [5, 5.41) is 6.08. The maximum atomic E-state index is 14.5. The standard InChI is InChI=1S/C22H22ClFN4O3S/c1-14-4-2-5-15(8-14)11-25-21(29)12-31-19-10-18(17(24)9-16(19)23)26-20-6-3-7-27-13-32-22(30)28(20)27/h2,4-5,8-10H,3,6-7,11-13H2,1H3,(H,25,29).